The molecule has 4 rings (SSSR count). The Hall–Kier alpha value is -3.78. The second-order valence-corrected chi connectivity index (χ2v) is 7.23. The zero-order valence-electron chi connectivity index (χ0n) is 17.0. The number of hydrogen-bond acceptors (Lipinski definition) is 5. The number of rotatable bonds is 8. The third kappa shape index (κ3) is 5.09. The monoisotopic (exact) mass is 455 g/mol. The highest BCUT2D eigenvalue weighted by Crippen LogP contribution is 2.27. The first kappa shape index (κ1) is 21.5. The van der Waals surface area contributed by atoms with Gasteiger partial charge in [0.05, 0.1) is 25.5 Å². The standard InChI is InChI=1S/C23H19ClFN3O4/c1-30-20-4-2-3-5-21(20)31-14-18-8-9-22(32-18)23(29)27-17-11-26-28(13-17)12-15-6-7-16(25)10-19(15)24/h2-11,13H,12,14H2,1H3,(H,27,29). The van der Waals surface area contributed by atoms with Crippen molar-refractivity contribution in [2.24, 2.45) is 0 Å². The summed E-state index contributed by atoms with van der Waals surface area (Å²) in [5, 5.41) is 7.23. The molecule has 0 spiro atoms. The summed E-state index contributed by atoms with van der Waals surface area (Å²) in [6.45, 7) is 0.476. The number of nitrogens with one attached hydrogen (secondary N) is 1. The third-order valence-electron chi connectivity index (χ3n) is 4.56. The van der Waals surface area contributed by atoms with E-state index < -0.39 is 11.7 Å². The molecule has 0 saturated carbocycles. The van der Waals surface area contributed by atoms with E-state index in [1.807, 2.05) is 12.1 Å². The molecule has 7 nitrogen and oxygen atoms in total. The normalized spacial score (nSPS) is 10.7. The van der Waals surface area contributed by atoms with Gasteiger partial charge < -0.3 is 19.2 Å². The summed E-state index contributed by atoms with van der Waals surface area (Å²) in [6.07, 6.45) is 3.15. The Kier molecular flexibility index (Phi) is 6.42. The van der Waals surface area contributed by atoms with Crippen molar-refractivity contribution in [2.45, 2.75) is 13.2 Å². The van der Waals surface area contributed by atoms with Crippen molar-refractivity contribution in [1.29, 1.82) is 0 Å². The van der Waals surface area contributed by atoms with Gasteiger partial charge in [0.25, 0.3) is 5.91 Å². The maximum atomic E-state index is 13.2. The molecule has 32 heavy (non-hydrogen) atoms. The number of ether oxygens (including phenoxy) is 2. The van der Waals surface area contributed by atoms with Gasteiger partial charge in [-0.3, -0.25) is 9.48 Å². The highest BCUT2D eigenvalue weighted by molar-refractivity contribution is 6.31. The Labute approximate surface area is 188 Å². The van der Waals surface area contributed by atoms with Crippen molar-refractivity contribution in [2.75, 3.05) is 12.4 Å². The fourth-order valence-corrected chi connectivity index (χ4v) is 3.22. The summed E-state index contributed by atoms with van der Waals surface area (Å²) < 4.78 is 31.3. The van der Waals surface area contributed by atoms with E-state index in [0.717, 1.165) is 0 Å². The van der Waals surface area contributed by atoms with Gasteiger partial charge in [-0.15, -0.1) is 0 Å². The lowest BCUT2D eigenvalue weighted by Gasteiger charge is -2.08. The van der Waals surface area contributed by atoms with Gasteiger partial charge in [0.1, 0.15) is 18.2 Å². The third-order valence-corrected chi connectivity index (χ3v) is 4.91. The Morgan fingerprint density at radius 2 is 2.00 bits per heavy atom. The van der Waals surface area contributed by atoms with Crippen LogP contribution >= 0.6 is 11.6 Å². The Morgan fingerprint density at radius 1 is 1.19 bits per heavy atom. The predicted octanol–water partition coefficient (Wildman–Crippen LogP) is 5.16. The highest BCUT2D eigenvalue weighted by atomic mass is 35.5. The van der Waals surface area contributed by atoms with Crippen LogP contribution in [0.5, 0.6) is 11.5 Å². The summed E-state index contributed by atoms with van der Waals surface area (Å²) in [6, 6.07) is 14.7. The molecule has 1 N–H and O–H groups in total. The lowest BCUT2D eigenvalue weighted by atomic mass is 10.2. The van der Waals surface area contributed by atoms with E-state index in [1.54, 1.807) is 48.3 Å². The van der Waals surface area contributed by atoms with Crippen molar-refractivity contribution >= 4 is 23.2 Å². The van der Waals surface area contributed by atoms with Crippen LogP contribution < -0.4 is 14.8 Å². The minimum Gasteiger partial charge on any atom is -0.493 e. The van der Waals surface area contributed by atoms with Crippen molar-refractivity contribution in [1.82, 2.24) is 9.78 Å². The van der Waals surface area contributed by atoms with Gasteiger partial charge in [-0.1, -0.05) is 29.8 Å². The van der Waals surface area contributed by atoms with Gasteiger partial charge in [0.2, 0.25) is 0 Å². The molecule has 0 saturated heterocycles. The number of aromatic nitrogens is 2. The van der Waals surface area contributed by atoms with E-state index in [-0.39, 0.29) is 12.4 Å². The SMILES string of the molecule is COc1ccccc1OCc1ccc(C(=O)Nc2cnn(Cc3ccc(F)cc3Cl)c2)o1. The predicted molar refractivity (Wildman–Crippen MR) is 117 cm³/mol. The number of nitrogens with zero attached hydrogens (tertiary/aromatic N) is 2. The van der Waals surface area contributed by atoms with Gasteiger partial charge in [-0.2, -0.15) is 5.10 Å². The van der Waals surface area contributed by atoms with Gasteiger partial charge in [-0.05, 0) is 42.0 Å². The summed E-state index contributed by atoms with van der Waals surface area (Å²) >= 11 is 6.05. The molecule has 0 radical (unpaired) electrons. The second kappa shape index (κ2) is 9.57. The lowest BCUT2D eigenvalue weighted by Crippen LogP contribution is -2.10. The molecule has 0 atom stereocenters. The van der Waals surface area contributed by atoms with Crippen LogP contribution in [0.25, 0.3) is 0 Å². The number of furan rings is 1. The number of halogens is 2. The van der Waals surface area contributed by atoms with Gasteiger partial charge in [-0.25, -0.2) is 4.39 Å². The molecule has 0 aliphatic heterocycles. The van der Waals surface area contributed by atoms with E-state index >= 15 is 0 Å². The number of methoxy groups -OCH3 is 1. The molecule has 0 aliphatic carbocycles. The first-order valence-electron chi connectivity index (χ1n) is 9.64. The summed E-state index contributed by atoms with van der Waals surface area (Å²) in [5.74, 6) is 0.980. The van der Waals surface area contributed by atoms with Crippen molar-refractivity contribution in [3.8, 4) is 11.5 Å². The average molecular weight is 456 g/mol. The van der Waals surface area contributed by atoms with Crippen LogP contribution in [-0.2, 0) is 13.2 Å². The molecule has 1 amide bonds. The largest absolute Gasteiger partial charge is 0.493 e. The minimum atomic E-state index is -0.423. The van der Waals surface area contributed by atoms with Crippen molar-refractivity contribution in [3.05, 3.63) is 94.9 Å². The molecular formula is C23H19ClFN3O4. The Morgan fingerprint density at radius 3 is 2.78 bits per heavy atom. The first-order chi connectivity index (χ1) is 15.5. The van der Waals surface area contributed by atoms with Crippen molar-refractivity contribution < 1.29 is 23.1 Å². The molecule has 164 valence electrons. The molecule has 2 aromatic heterocycles. The maximum absolute atomic E-state index is 13.2. The van der Waals surface area contributed by atoms with Gasteiger partial charge in [0.15, 0.2) is 17.3 Å². The summed E-state index contributed by atoms with van der Waals surface area (Å²) in [5.41, 5.74) is 1.19. The molecule has 0 aliphatic rings. The topological polar surface area (TPSA) is 78.5 Å². The molecule has 2 heterocycles. The minimum absolute atomic E-state index is 0.137. The summed E-state index contributed by atoms with van der Waals surface area (Å²) in [4.78, 5) is 12.5. The number of amides is 1. The van der Waals surface area contributed by atoms with Crippen LogP contribution in [0.4, 0.5) is 10.1 Å². The van der Waals surface area contributed by atoms with Crippen LogP contribution in [0.15, 0.2) is 71.4 Å². The summed E-state index contributed by atoms with van der Waals surface area (Å²) in [7, 11) is 1.56. The zero-order chi connectivity index (χ0) is 22.5. The van der Waals surface area contributed by atoms with Crippen LogP contribution in [0.2, 0.25) is 5.02 Å². The quantitative estimate of drug-likeness (QED) is 0.397. The number of anilines is 1. The Balaban J connectivity index is 1.35. The van der Waals surface area contributed by atoms with Crippen molar-refractivity contribution in [3.63, 3.8) is 0 Å². The lowest BCUT2D eigenvalue weighted by molar-refractivity contribution is 0.0992. The zero-order valence-corrected chi connectivity index (χ0v) is 17.8. The number of benzene rings is 2. The number of carbonyl (C=O) groups excluding carboxylic acids is 1. The molecule has 4 aromatic rings. The highest BCUT2D eigenvalue weighted by Gasteiger charge is 2.14. The van der Waals surface area contributed by atoms with Crippen LogP contribution in [-0.4, -0.2) is 22.8 Å². The molecule has 0 fully saturated rings. The van der Waals surface area contributed by atoms with Gasteiger partial charge >= 0.3 is 0 Å². The molecule has 2 aromatic carbocycles. The molecule has 0 bridgehead atoms. The fraction of sp³-hybridized carbons (Fsp3) is 0.130. The average Bonchev–Trinajstić information content (AvgIpc) is 3.44. The fourth-order valence-electron chi connectivity index (χ4n) is 3.00. The number of para-hydroxylation sites is 2. The second-order valence-electron chi connectivity index (χ2n) is 6.82. The van der Waals surface area contributed by atoms with Crippen LogP contribution in [0.3, 0.4) is 0 Å². The molecule has 9 heteroatoms. The van der Waals surface area contributed by atoms with E-state index in [0.29, 0.717) is 40.1 Å². The Bertz CT molecular complexity index is 1240. The molecule has 0 unspecified atom stereocenters. The van der Waals surface area contributed by atoms with Crippen LogP contribution in [0, 0.1) is 5.82 Å². The van der Waals surface area contributed by atoms with Gasteiger partial charge in [0, 0.05) is 11.2 Å². The first-order valence-corrected chi connectivity index (χ1v) is 10.0. The van der Waals surface area contributed by atoms with E-state index in [2.05, 4.69) is 10.4 Å². The maximum Gasteiger partial charge on any atom is 0.291 e. The van der Waals surface area contributed by atoms with E-state index in [9.17, 15) is 9.18 Å². The number of hydrogen-bond donors (Lipinski definition) is 1. The number of carbonyl (C=O) groups is 1. The smallest absolute Gasteiger partial charge is 0.291 e. The molecular weight excluding hydrogens is 437 g/mol. The van der Waals surface area contributed by atoms with E-state index in [1.165, 1.54) is 18.3 Å². The van der Waals surface area contributed by atoms with Crippen LogP contribution in [0.1, 0.15) is 21.9 Å². The van der Waals surface area contributed by atoms with E-state index in [4.69, 9.17) is 25.5 Å².